The first-order chi connectivity index (χ1) is 15.8. The van der Waals surface area contributed by atoms with E-state index in [0.717, 1.165) is 4.90 Å². The third-order valence-corrected chi connectivity index (χ3v) is 7.22. The number of carbonyl (C=O) groups is 1. The van der Waals surface area contributed by atoms with E-state index in [9.17, 15) is 31.6 Å². The Labute approximate surface area is 198 Å². The third-order valence-electron chi connectivity index (χ3n) is 5.47. The highest BCUT2D eigenvalue weighted by molar-refractivity contribution is 7.91. The number of primary amides is 1. The Morgan fingerprint density at radius 3 is 1.94 bits per heavy atom. The smallest absolute Gasteiger partial charge is 0.368 e. The molecule has 0 aliphatic rings. The van der Waals surface area contributed by atoms with E-state index < -0.39 is 40.5 Å². The van der Waals surface area contributed by atoms with Gasteiger partial charge in [-0.3, -0.25) is 9.69 Å². The van der Waals surface area contributed by atoms with Crippen molar-refractivity contribution in [2.24, 2.45) is 11.7 Å². The van der Waals surface area contributed by atoms with Crippen molar-refractivity contribution in [3.8, 4) is 17.2 Å². The van der Waals surface area contributed by atoms with Gasteiger partial charge in [-0.25, -0.2) is 8.42 Å². The molecule has 10 heteroatoms. The molecule has 34 heavy (non-hydrogen) atoms. The number of benzene rings is 2. The molecule has 6 nitrogen and oxygen atoms in total. The Morgan fingerprint density at radius 1 is 1.06 bits per heavy atom. The van der Waals surface area contributed by atoms with Gasteiger partial charge in [-0.15, -0.1) is 0 Å². The van der Waals surface area contributed by atoms with Gasteiger partial charge in [0.2, 0.25) is 5.91 Å². The molecule has 0 unspecified atom stereocenters. The van der Waals surface area contributed by atoms with E-state index in [1.54, 1.807) is 39.0 Å². The Hall–Kier alpha value is -2.90. The summed E-state index contributed by atoms with van der Waals surface area (Å²) < 4.78 is 66.5. The van der Waals surface area contributed by atoms with Crippen LogP contribution >= 0.6 is 0 Å². The second-order valence-corrected chi connectivity index (χ2v) is 10.7. The highest BCUT2D eigenvalue weighted by Gasteiger charge is 2.47. The maximum absolute atomic E-state index is 14.2. The minimum absolute atomic E-state index is 0.0395. The lowest BCUT2D eigenvalue weighted by molar-refractivity contribution is -0.192. The Kier molecular flexibility index (Phi) is 8.86. The van der Waals surface area contributed by atoms with Crippen LogP contribution in [0.15, 0.2) is 53.4 Å². The van der Waals surface area contributed by atoms with Crippen molar-refractivity contribution < 1.29 is 26.4 Å². The van der Waals surface area contributed by atoms with Gasteiger partial charge >= 0.3 is 6.18 Å². The molecule has 184 valence electrons. The summed E-state index contributed by atoms with van der Waals surface area (Å²) in [5.74, 6) is -1.08. The van der Waals surface area contributed by atoms with Gasteiger partial charge in [-0.2, -0.15) is 18.4 Å². The molecule has 2 atom stereocenters. The number of nitriles is 1. The molecular weight excluding hydrogens is 467 g/mol. The zero-order chi connectivity index (χ0) is 25.7. The Bertz CT molecular complexity index is 1120. The third kappa shape index (κ3) is 6.58. The van der Waals surface area contributed by atoms with Crippen LogP contribution in [-0.2, 0) is 14.6 Å². The van der Waals surface area contributed by atoms with Gasteiger partial charge in [0.1, 0.15) is 6.04 Å². The maximum Gasteiger partial charge on any atom is 0.408 e. The number of nitrogens with two attached hydrogens (primary N) is 1. The largest absolute Gasteiger partial charge is 0.408 e. The van der Waals surface area contributed by atoms with Crippen molar-refractivity contribution >= 4 is 15.7 Å². The maximum atomic E-state index is 14.2. The average Bonchev–Trinajstić information content (AvgIpc) is 2.76. The molecule has 0 fully saturated rings. The summed E-state index contributed by atoms with van der Waals surface area (Å²) in [4.78, 5) is 13.0. The first kappa shape index (κ1) is 27.3. The molecule has 0 saturated heterocycles. The number of alkyl halides is 3. The lowest BCUT2D eigenvalue weighted by atomic mass is 9.95. The minimum Gasteiger partial charge on any atom is -0.368 e. The van der Waals surface area contributed by atoms with Crippen LogP contribution in [-0.4, -0.2) is 43.7 Å². The summed E-state index contributed by atoms with van der Waals surface area (Å²) in [6.07, 6.45) is -4.69. The van der Waals surface area contributed by atoms with Crippen molar-refractivity contribution in [2.45, 2.75) is 50.3 Å². The fourth-order valence-corrected chi connectivity index (χ4v) is 4.66. The molecule has 2 aromatic carbocycles. The van der Waals surface area contributed by atoms with Crippen LogP contribution < -0.4 is 5.73 Å². The average molecular weight is 496 g/mol. The molecule has 0 aromatic heterocycles. The lowest BCUT2D eigenvalue weighted by Crippen LogP contribution is -2.51. The van der Waals surface area contributed by atoms with Gasteiger partial charge in [-0.05, 0) is 41.2 Å². The van der Waals surface area contributed by atoms with E-state index in [2.05, 4.69) is 0 Å². The molecule has 2 aromatic rings. The van der Waals surface area contributed by atoms with Gasteiger partial charge in [-0.1, -0.05) is 57.2 Å². The normalized spacial score (nSPS) is 14.1. The van der Waals surface area contributed by atoms with Crippen LogP contribution in [0.5, 0.6) is 0 Å². The van der Waals surface area contributed by atoms with Crippen molar-refractivity contribution in [1.82, 2.24) is 4.90 Å². The molecule has 0 bridgehead atoms. The number of hydrogen-bond acceptors (Lipinski definition) is 5. The topological polar surface area (TPSA) is 104 Å². The zero-order valence-electron chi connectivity index (χ0n) is 19.2. The van der Waals surface area contributed by atoms with Crippen molar-refractivity contribution in [2.75, 3.05) is 12.3 Å². The summed E-state index contributed by atoms with van der Waals surface area (Å²) in [5.41, 5.74) is 6.52. The number of carbonyl (C=O) groups excluding carboxylic acids is 1. The van der Waals surface area contributed by atoms with Crippen molar-refractivity contribution in [3.05, 3.63) is 54.1 Å². The van der Waals surface area contributed by atoms with Crippen molar-refractivity contribution in [3.63, 3.8) is 0 Å². The first-order valence-electron chi connectivity index (χ1n) is 10.7. The lowest BCUT2D eigenvalue weighted by Gasteiger charge is -2.37. The highest BCUT2D eigenvalue weighted by Crippen LogP contribution is 2.40. The second-order valence-electron chi connectivity index (χ2n) is 8.37. The molecule has 0 aliphatic heterocycles. The number of hydrogen-bond donors (Lipinski definition) is 1. The highest BCUT2D eigenvalue weighted by atomic mass is 32.2. The van der Waals surface area contributed by atoms with Crippen LogP contribution in [0.3, 0.4) is 0 Å². The molecule has 0 radical (unpaired) electrons. The number of nitrogens with zero attached hydrogens (tertiary/aromatic N) is 2. The Balaban J connectivity index is 2.46. The summed E-state index contributed by atoms with van der Waals surface area (Å²) in [5, 5.41) is 9.20. The quantitative estimate of drug-likeness (QED) is 0.490. The van der Waals surface area contributed by atoms with E-state index >= 15 is 0 Å². The fraction of sp³-hybridized carbons (Fsp3) is 0.417. The fourth-order valence-electron chi connectivity index (χ4n) is 3.77. The first-order valence-corrected chi connectivity index (χ1v) is 12.4. The SMILES string of the molecule is CCS(=O)(=O)c1ccc(-c2ccc([C@H](N(CC#N)[C@@H](CC(C)C)C(N)=O)C(F)(F)F)cc2)cc1. The van der Waals surface area contributed by atoms with E-state index in [4.69, 9.17) is 5.73 Å². The number of sulfone groups is 1. The van der Waals surface area contributed by atoms with Gasteiger partial charge in [0, 0.05) is 0 Å². The summed E-state index contributed by atoms with van der Waals surface area (Å²) in [7, 11) is -3.37. The van der Waals surface area contributed by atoms with Gasteiger partial charge in [0.25, 0.3) is 0 Å². The monoisotopic (exact) mass is 495 g/mol. The number of rotatable bonds is 10. The van der Waals surface area contributed by atoms with Gasteiger partial charge in [0.05, 0.1) is 29.3 Å². The molecule has 0 heterocycles. The summed E-state index contributed by atoms with van der Waals surface area (Å²) in [6.45, 7) is 4.43. The van der Waals surface area contributed by atoms with Gasteiger partial charge < -0.3 is 5.73 Å². The molecule has 0 spiro atoms. The molecule has 0 saturated carbocycles. The van der Waals surface area contributed by atoms with E-state index in [1.165, 1.54) is 36.4 Å². The molecule has 2 rings (SSSR count). The number of halogens is 3. The standard InChI is InChI=1S/C24H28F3N3O3S/c1-4-34(32,33)20-11-9-18(10-12-20)17-5-7-19(8-6-17)22(24(25,26)27)30(14-13-28)21(23(29)31)15-16(2)3/h5-12,16,21-22H,4,14-15H2,1-3H3,(H2,29,31)/t21-,22-/m0/s1. The van der Waals surface area contributed by atoms with E-state index in [0.29, 0.717) is 11.1 Å². The van der Waals surface area contributed by atoms with E-state index in [-0.39, 0.29) is 28.6 Å². The second kappa shape index (κ2) is 11.0. The molecule has 0 aliphatic carbocycles. The summed E-state index contributed by atoms with van der Waals surface area (Å²) in [6, 6.07) is 9.92. The van der Waals surface area contributed by atoms with Crippen LogP contribution in [0.4, 0.5) is 13.2 Å². The summed E-state index contributed by atoms with van der Waals surface area (Å²) >= 11 is 0. The predicted octanol–water partition coefficient (Wildman–Crippen LogP) is 4.48. The van der Waals surface area contributed by atoms with Crippen molar-refractivity contribution in [1.29, 1.82) is 5.26 Å². The molecule has 1 amide bonds. The van der Waals surface area contributed by atoms with Crippen LogP contribution in [0.1, 0.15) is 38.8 Å². The van der Waals surface area contributed by atoms with E-state index in [1.807, 2.05) is 0 Å². The molecular formula is C24H28F3N3O3S. The predicted molar refractivity (Wildman–Crippen MR) is 123 cm³/mol. The minimum atomic E-state index is -4.76. The molecule has 2 N–H and O–H groups in total. The Morgan fingerprint density at radius 2 is 1.56 bits per heavy atom. The zero-order valence-corrected chi connectivity index (χ0v) is 20.0. The number of amides is 1. The van der Waals surface area contributed by atoms with Crippen LogP contribution in [0.25, 0.3) is 11.1 Å². The van der Waals surface area contributed by atoms with Gasteiger partial charge in [0.15, 0.2) is 9.84 Å². The van der Waals surface area contributed by atoms with Crippen LogP contribution in [0.2, 0.25) is 0 Å². The van der Waals surface area contributed by atoms with Crippen LogP contribution in [0, 0.1) is 17.2 Å².